The lowest BCUT2D eigenvalue weighted by atomic mass is 10.1. The predicted molar refractivity (Wildman–Crippen MR) is 81.8 cm³/mol. The van der Waals surface area contributed by atoms with Crippen molar-refractivity contribution in [3.05, 3.63) is 35.7 Å². The first-order valence-corrected chi connectivity index (χ1v) is 9.36. The van der Waals surface area contributed by atoms with Crippen molar-refractivity contribution in [2.45, 2.75) is 12.3 Å². The van der Waals surface area contributed by atoms with Crippen LogP contribution in [0.3, 0.4) is 0 Å². The third kappa shape index (κ3) is 5.15. The summed E-state index contributed by atoms with van der Waals surface area (Å²) in [5.41, 5.74) is 1.17. The number of nitrogens with one attached hydrogen (secondary N) is 1. The van der Waals surface area contributed by atoms with E-state index in [4.69, 9.17) is 4.74 Å². The van der Waals surface area contributed by atoms with Crippen molar-refractivity contribution in [2.24, 2.45) is 0 Å². The van der Waals surface area contributed by atoms with Gasteiger partial charge >= 0.3 is 12.1 Å². The van der Waals surface area contributed by atoms with Gasteiger partial charge in [0.15, 0.2) is 0 Å². The fourth-order valence-corrected chi connectivity index (χ4v) is 3.59. The van der Waals surface area contributed by atoms with Crippen molar-refractivity contribution >= 4 is 7.29 Å². The first-order valence-electron chi connectivity index (χ1n) is 7.02. The third-order valence-electron chi connectivity index (χ3n) is 3.12. The predicted octanol–water partition coefficient (Wildman–Crippen LogP) is 3.40. The van der Waals surface area contributed by atoms with Gasteiger partial charge in [-0.15, -0.1) is 0 Å². The summed E-state index contributed by atoms with van der Waals surface area (Å²) in [6.07, 6.45) is -4.36. The molecule has 2 rings (SSSR count). The van der Waals surface area contributed by atoms with Crippen LogP contribution in [0.1, 0.15) is 11.5 Å². The minimum absolute atomic E-state index is 0.147. The Hall–Kier alpha value is -1.70. The van der Waals surface area contributed by atoms with Crippen LogP contribution in [0.5, 0.6) is 0 Å². The highest BCUT2D eigenvalue weighted by molar-refractivity contribution is 7.60. The summed E-state index contributed by atoms with van der Waals surface area (Å²) < 4.78 is 58.8. The highest BCUT2D eigenvalue weighted by atomic mass is 31.2. The maximum atomic E-state index is 12.5. The molecule has 2 aromatic rings. The Morgan fingerprint density at radius 2 is 1.96 bits per heavy atom. The first-order chi connectivity index (χ1) is 11.2. The van der Waals surface area contributed by atoms with Gasteiger partial charge in [-0.25, -0.2) is 0 Å². The first kappa shape index (κ1) is 18.6. The standard InChI is InChI=1S/C14H17F3N3O3P/c1-22-8-7-18-24(2,21)9-10-3-5-11(6-4-10)12-19-13(23-20-12)14(15,16)17/h3-6H,7-9H2,1-2H3,(H,18,21). The van der Waals surface area contributed by atoms with Gasteiger partial charge in [-0.2, -0.15) is 18.2 Å². The second-order valence-corrected chi connectivity index (χ2v) is 8.11. The molecule has 0 aliphatic rings. The quantitative estimate of drug-likeness (QED) is 0.600. The van der Waals surface area contributed by atoms with Crippen molar-refractivity contribution in [1.82, 2.24) is 15.2 Å². The molecule has 0 saturated heterocycles. The molecule has 1 unspecified atom stereocenters. The third-order valence-corrected chi connectivity index (χ3v) is 4.98. The summed E-state index contributed by atoms with van der Waals surface area (Å²) in [7, 11) is -1.02. The number of methoxy groups -OCH3 is 1. The van der Waals surface area contributed by atoms with E-state index in [1.807, 2.05) is 0 Å². The Morgan fingerprint density at radius 1 is 1.29 bits per heavy atom. The fraction of sp³-hybridized carbons (Fsp3) is 0.429. The van der Waals surface area contributed by atoms with E-state index in [9.17, 15) is 17.7 Å². The molecule has 0 bridgehead atoms. The SMILES string of the molecule is COCCNP(C)(=O)Cc1ccc(-c2noc(C(F)(F)F)n2)cc1. The van der Waals surface area contributed by atoms with Crippen LogP contribution < -0.4 is 5.09 Å². The van der Waals surface area contributed by atoms with Crippen LogP contribution in [0.2, 0.25) is 0 Å². The van der Waals surface area contributed by atoms with Gasteiger partial charge in [-0.1, -0.05) is 29.4 Å². The van der Waals surface area contributed by atoms with Crippen LogP contribution in [0.4, 0.5) is 13.2 Å². The second kappa shape index (κ2) is 7.46. The van der Waals surface area contributed by atoms with Gasteiger partial charge in [0.2, 0.25) is 5.82 Å². The number of hydrogen-bond donors (Lipinski definition) is 1. The Balaban J connectivity index is 2.05. The van der Waals surface area contributed by atoms with E-state index in [1.165, 1.54) is 0 Å². The molecule has 0 spiro atoms. The van der Waals surface area contributed by atoms with Crippen LogP contribution in [0, 0.1) is 0 Å². The number of aromatic nitrogens is 2. The van der Waals surface area contributed by atoms with E-state index in [2.05, 4.69) is 19.8 Å². The zero-order valence-electron chi connectivity index (χ0n) is 13.1. The zero-order valence-corrected chi connectivity index (χ0v) is 14.0. The number of ether oxygens (including phenoxy) is 1. The number of nitrogens with zero attached hydrogens (tertiary/aromatic N) is 2. The molecule has 1 aromatic carbocycles. The molecule has 0 saturated carbocycles. The minimum atomic E-state index is -4.67. The summed E-state index contributed by atoms with van der Waals surface area (Å²) in [6, 6.07) is 6.48. The van der Waals surface area contributed by atoms with Crippen LogP contribution in [-0.4, -0.2) is 37.1 Å². The maximum Gasteiger partial charge on any atom is 0.471 e. The summed E-state index contributed by atoms with van der Waals surface area (Å²) in [6.45, 7) is 2.56. The minimum Gasteiger partial charge on any atom is -0.383 e. The molecule has 0 amide bonds. The van der Waals surface area contributed by atoms with Crippen molar-refractivity contribution in [3.8, 4) is 11.4 Å². The number of rotatable bonds is 7. The van der Waals surface area contributed by atoms with E-state index >= 15 is 0 Å². The number of hydrogen-bond acceptors (Lipinski definition) is 5. The Morgan fingerprint density at radius 3 is 2.50 bits per heavy atom. The molecule has 0 fully saturated rings. The largest absolute Gasteiger partial charge is 0.471 e. The molecule has 1 heterocycles. The normalized spacial score (nSPS) is 14.5. The smallest absolute Gasteiger partial charge is 0.383 e. The summed E-state index contributed by atoms with van der Waals surface area (Å²) in [5.74, 6) is -1.53. The number of halogens is 3. The average molecular weight is 363 g/mol. The topological polar surface area (TPSA) is 77.2 Å². The van der Waals surface area contributed by atoms with Gasteiger partial charge in [0, 0.05) is 32.0 Å². The van der Waals surface area contributed by atoms with E-state index in [0.717, 1.165) is 5.56 Å². The Labute approximate surface area is 136 Å². The van der Waals surface area contributed by atoms with E-state index in [1.54, 1.807) is 38.0 Å². The highest BCUT2D eigenvalue weighted by Crippen LogP contribution is 2.40. The summed E-state index contributed by atoms with van der Waals surface area (Å²) in [4.78, 5) is 3.32. The molecule has 0 aliphatic carbocycles. The Kier molecular flexibility index (Phi) is 5.79. The van der Waals surface area contributed by atoms with Crippen molar-refractivity contribution in [3.63, 3.8) is 0 Å². The van der Waals surface area contributed by atoms with E-state index in [0.29, 0.717) is 24.9 Å². The fourth-order valence-electron chi connectivity index (χ4n) is 2.00. The van der Waals surface area contributed by atoms with Gasteiger partial charge in [0.05, 0.1) is 6.61 Å². The molecule has 1 aromatic heterocycles. The Bertz CT molecular complexity index is 716. The monoisotopic (exact) mass is 363 g/mol. The lowest BCUT2D eigenvalue weighted by Crippen LogP contribution is -2.16. The second-order valence-electron chi connectivity index (χ2n) is 5.28. The molecule has 6 nitrogen and oxygen atoms in total. The van der Waals surface area contributed by atoms with Crippen molar-refractivity contribution in [1.29, 1.82) is 0 Å². The maximum absolute atomic E-state index is 12.5. The van der Waals surface area contributed by atoms with E-state index in [-0.39, 0.29) is 5.82 Å². The number of benzene rings is 1. The lowest BCUT2D eigenvalue weighted by Gasteiger charge is -2.14. The molecular formula is C14H17F3N3O3P. The molecule has 24 heavy (non-hydrogen) atoms. The van der Waals surface area contributed by atoms with Crippen molar-refractivity contribution < 1.29 is 27.0 Å². The summed E-state index contributed by atoms with van der Waals surface area (Å²) in [5, 5.41) is 6.26. The van der Waals surface area contributed by atoms with Crippen LogP contribution in [0.25, 0.3) is 11.4 Å². The molecule has 0 aliphatic heterocycles. The molecule has 1 N–H and O–H groups in total. The molecule has 0 radical (unpaired) electrons. The van der Waals surface area contributed by atoms with Crippen LogP contribution in [-0.2, 0) is 21.6 Å². The lowest BCUT2D eigenvalue weighted by molar-refractivity contribution is -0.159. The molecule has 1 atom stereocenters. The van der Waals surface area contributed by atoms with Crippen LogP contribution >= 0.6 is 7.29 Å². The van der Waals surface area contributed by atoms with Crippen molar-refractivity contribution in [2.75, 3.05) is 26.9 Å². The van der Waals surface area contributed by atoms with Gasteiger partial charge in [0.25, 0.3) is 0 Å². The average Bonchev–Trinajstić information content (AvgIpc) is 2.97. The van der Waals surface area contributed by atoms with Crippen LogP contribution in [0.15, 0.2) is 28.8 Å². The molecule has 132 valence electrons. The van der Waals surface area contributed by atoms with Gasteiger partial charge in [-0.05, 0) is 5.56 Å². The van der Waals surface area contributed by atoms with Gasteiger partial charge < -0.3 is 13.8 Å². The summed E-state index contributed by atoms with van der Waals surface area (Å²) >= 11 is 0. The van der Waals surface area contributed by atoms with Gasteiger partial charge in [0.1, 0.15) is 7.29 Å². The van der Waals surface area contributed by atoms with E-state index < -0.39 is 19.4 Å². The molecular weight excluding hydrogens is 346 g/mol. The zero-order chi connectivity index (χ0) is 17.8. The molecule has 10 heteroatoms. The number of alkyl halides is 3. The highest BCUT2D eigenvalue weighted by Gasteiger charge is 2.38. The van der Waals surface area contributed by atoms with Gasteiger partial charge in [-0.3, -0.25) is 5.09 Å².